The summed E-state index contributed by atoms with van der Waals surface area (Å²) in [4.78, 5) is 9.54. The summed E-state index contributed by atoms with van der Waals surface area (Å²) in [5.74, 6) is -0.329. The molecule has 0 unspecified atom stereocenters. The van der Waals surface area contributed by atoms with Crippen molar-refractivity contribution in [1.82, 2.24) is 10.6 Å². The number of carbonyl (C=O) groups excluding carboxylic acids is 1. The van der Waals surface area contributed by atoms with E-state index in [0.29, 0.717) is 0 Å². The van der Waals surface area contributed by atoms with Crippen molar-refractivity contribution in [3.63, 3.8) is 0 Å². The molecule has 0 aliphatic carbocycles. The predicted octanol–water partition coefficient (Wildman–Crippen LogP) is -0.954. The van der Waals surface area contributed by atoms with E-state index >= 15 is 0 Å². The highest BCUT2D eigenvalue weighted by molar-refractivity contribution is 9.09. The lowest BCUT2D eigenvalue weighted by molar-refractivity contribution is -0.115. The van der Waals surface area contributed by atoms with Gasteiger partial charge in [0.15, 0.2) is 0 Å². The number of nitrogens with one attached hydrogen (secondary N) is 2. The lowest BCUT2D eigenvalue weighted by Gasteiger charge is -2.11. The van der Waals surface area contributed by atoms with Gasteiger partial charge < -0.3 is 16.4 Å². The van der Waals surface area contributed by atoms with Gasteiger partial charge in [-0.25, -0.2) is 0 Å². The van der Waals surface area contributed by atoms with E-state index in [2.05, 4.69) is 32.3 Å². The van der Waals surface area contributed by atoms with Crippen LogP contribution in [0, 0.1) is 0 Å². The lowest BCUT2D eigenvalue weighted by Crippen LogP contribution is -2.39. The maximum Gasteiger partial charge on any atom is 0.228 e. The molecule has 0 atom stereocenters. The van der Waals surface area contributed by atoms with E-state index < -0.39 is 0 Å². The Balaban J connectivity index is 0.000000187. The molecule has 1 heterocycles. The number of hydrogen-bond donors (Lipinski definition) is 3. The second-order valence-electron chi connectivity index (χ2n) is 2.10. The summed E-state index contributed by atoms with van der Waals surface area (Å²) in [7, 11) is 0. The average molecular weight is 224 g/mol. The highest BCUT2D eigenvalue weighted by Gasteiger charge is 1.91. The Hall–Kier alpha value is -0.130. The Labute approximate surface area is 75.0 Å². The highest BCUT2D eigenvalue weighted by Crippen LogP contribution is 1.71. The van der Waals surface area contributed by atoms with Gasteiger partial charge >= 0.3 is 0 Å². The minimum Gasteiger partial charge on any atom is -0.369 e. The number of halogens is 1. The van der Waals surface area contributed by atoms with Crippen LogP contribution in [0.1, 0.15) is 0 Å². The number of hydrogen-bond acceptors (Lipinski definition) is 3. The molecule has 0 aromatic carbocycles. The molecule has 1 aliphatic rings. The van der Waals surface area contributed by atoms with E-state index in [1.807, 2.05) is 0 Å². The minimum atomic E-state index is -0.329. The zero-order valence-corrected chi connectivity index (χ0v) is 7.99. The molecule has 4 N–H and O–H groups in total. The van der Waals surface area contributed by atoms with Gasteiger partial charge in [-0.1, -0.05) is 15.9 Å². The summed E-state index contributed by atoms with van der Waals surface area (Å²) in [6, 6.07) is 0. The van der Waals surface area contributed by atoms with Crippen LogP contribution in [0.3, 0.4) is 0 Å². The van der Waals surface area contributed by atoms with Crippen LogP contribution >= 0.6 is 15.9 Å². The Bertz CT molecular complexity index is 94.5. The number of rotatable bonds is 1. The first-order chi connectivity index (χ1) is 5.27. The SMILES string of the molecule is C1CNCCN1.NC(=O)CBr. The maximum absolute atomic E-state index is 9.54. The predicted molar refractivity (Wildman–Crippen MR) is 48.7 cm³/mol. The number of primary amides is 1. The summed E-state index contributed by atoms with van der Waals surface area (Å²) in [5.41, 5.74) is 4.61. The molecule has 4 nitrogen and oxygen atoms in total. The van der Waals surface area contributed by atoms with Crippen LogP contribution < -0.4 is 16.4 Å². The molecular formula is C6H14BrN3O. The molecule has 0 spiro atoms. The Morgan fingerprint density at radius 3 is 1.64 bits per heavy atom. The van der Waals surface area contributed by atoms with E-state index in [9.17, 15) is 4.79 Å². The number of nitrogens with two attached hydrogens (primary N) is 1. The van der Waals surface area contributed by atoms with Gasteiger partial charge in [-0.05, 0) is 0 Å². The van der Waals surface area contributed by atoms with Crippen molar-refractivity contribution in [2.75, 3.05) is 31.5 Å². The highest BCUT2D eigenvalue weighted by atomic mass is 79.9. The fourth-order valence-electron chi connectivity index (χ4n) is 0.604. The van der Waals surface area contributed by atoms with Crippen LogP contribution in [0.15, 0.2) is 0 Å². The minimum absolute atomic E-state index is 0.257. The molecular weight excluding hydrogens is 210 g/mol. The van der Waals surface area contributed by atoms with Crippen LogP contribution in [0.25, 0.3) is 0 Å². The normalized spacial score (nSPS) is 16.5. The molecule has 0 saturated carbocycles. The van der Waals surface area contributed by atoms with Crippen molar-refractivity contribution in [3.8, 4) is 0 Å². The van der Waals surface area contributed by atoms with E-state index in [0.717, 1.165) is 26.2 Å². The first-order valence-electron chi connectivity index (χ1n) is 3.53. The van der Waals surface area contributed by atoms with Crippen LogP contribution in [0.5, 0.6) is 0 Å². The summed E-state index contributed by atoms with van der Waals surface area (Å²) in [6.45, 7) is 4.56. The van der Waals surface area contributed by atoms with Crippen molar-refractivity contribution >= 4 is 21.8 Å². The van der Waals surface area contributed by atoms with Crippen molar-refractivity contribution in [2.24, 2.45) is 5.73 Å². The first kappa shape index (κ1) is 10.9. The monoisotopic (exact) mass is 223 g/mol. The van der Waals surface area contributed by atoms with Gasteiger partial charge in [0.1, 0.15) is 0 Å². The third-order valence-electron chi connectivity index (χ3n) is 1.09. The van der Waals surface area contributed by atoms with E-state index in [1.54, 1.807) is 0 Å². The molecule has 1 amide bonds. The van der Waals surface area contributed by atoms with Gasteiger partial charge in [-0.15, -0.1) is 0 Å². The average Bonchev–Trinajstić information content (AvgIpc) is 2.09. The molecule has 1 fully saturated rings. The maximum atomic E-state index is 9.54. The van der Waals surface area contributed by atoms with Gasteiger partial charge in [-0.3, -0.25) is 4.79 Å². The van der Waals surface area contributed by atoms with E-state index in [4.69, 9.17) is 0 Å². The molecule has 11 heavy (non-hydrogen) atoms. The van der Waals surface area contributed by atoms with Crippen molar-refractivity contribution in [2.45, 2.75) is 0 Å². The topological polar surface area (TPSA) is 67.2 Å². The largest absolute Gasteiger partial charge is 0.369 e. The van der Waals surface area contributed by atoms with Crippen molar-refractivity contribution < 1.29 is 4.79 Å². The van der Waals surface area contributed by atoms with Crippen LogP contribution in [0.2, 0.25) is 0 Å². The number of carbonyl (C=O) groups is 1. The van der Waals surface area contributed by atoms with Crippen LogP contribution in [0.4, 0.5) is 0 Å². The Morgan fingerprint density at radius 2 is 1.55 bits per heavy atom. The van der Waals surface area contributed by atoms with Crippen molar-refractivity contribution in [3.05, 3.63) is 0 Å². The molecule has 1 rings (SSSR count). The van der Waals surface area contributed by atoms with Gasteiger partial charge in [0.25, 0.3) is 0 Å². The van der Waals surface area contributed by atoms with Gasteiger partial charge in [-0.2, -0.15) is 0 Å². The van der Waals surface area contributed by atoms with E-state index in [-0.39, 0.29) is 11.2 Å². The third-order valence-corrected chi connectivity index (χ3v) is 1.64. The fraction of sp³-hybridized carbons (Fsp3) is 0.833. The molecule has 0 bridgehead atoms. The summed E-state index contributed by atoms with van der Waals surface area (Å²) in [6.07, 6.45) is 0. The van der Waals surface area contributed by atoms with Gasteiger partial charge in [0.2, 0.25) is 5.91 Å². The van der Waals surface area contributed by atoms with Crippen LogP contribution in [-0.2, 0) is 4.79 Å². The zero-order chi connectivity index (χ0) is 8.53. The number of piperazine rings is 1. The number of alkyl halides is 1. The lowest BCUT2D eigenvalue weighted by atomic mass is 10.4. The number of amides is 1. The standard InChI is InChI=1S/C4H10N2.C2H4BrNO/c1-2-6-4-3-5-1;3-1-2(4)5/h5-6H,1-4H2;1H2,(H2,4,5). The molecule has 0 aromatic heterocycles. The molecule has 1 aliphatic heterocycles. The molecule has 5 heteroatoms. The van der Waals surface area contributed by atoms with E-state index in [1.165, 1.54) is 0 Å². The molecule has 66 valence electrons. The smallest absolute Gasteiger partial charge is 0.228 e. The Kier molecular flexibility index (Phi) is 7.88. The molecule has 0 radical (unpaired) electrons. The quantitative estimate of drug-likeness (QED) is 0.503. The molecule has 0 aromatic rings. The Morgan fingerprint density at radius 1 is 1.27 bits per heavy atom. The summed E-state index contributed by atoms with van der Waals surface area (Å²) < 4.78 is 0. The second-order valence-corrected chi connectivity index (χ2v) is 2.66. The van der Waals surface area contributed by atoms with Crippen LogP contribution in [-0.4, -0.2) is 37.4 Å². The van der Waals surface area contributed by atoms with Gasteiger partial charge in [0.05, 0.1) is 5.33 Å². The summed E-state index contributed by atoms with van der Waals surface area (Å²) >= 11 is 2.84. The molecule has 1 saturated heterocycles. The third kappa shape index (κ3) is 9.87. The van der Waals surface area contributed by atoms with Gasteiger partial charge in [0, 0.05) is 26.2 Å². The second kappa shape index (κ2) is 7.97. The van der Waals surface area contributed by atoms with Crippen molar-refractivity contribution in [1.29, 1.82) is 0 Å². The zero-order valence-electron chi connectivity index (χ0n) is 6.40. The first-order valence-corrected chi connectivity index (χ1v) is 4.65. The fourth-order valence-corrected chi connectivity index (χ4v) is 0.604. The summed E-state index contributed by atoms with van der Waals surface area (Å²) in [5, 5.41) is 6.70.